The highest BCUT2D eigenvalue weighted by Crippen LogP contribution is 1.82. The van der Waals surface area contributed by atoms with Crippen molar-refractivity contribution in [3.63, 3.8) is 0 Å². The largest absolute Gasteiger partial charge is 0.356 e. The molecule has 0 aliphatic rings. The summed E-state index contributed by atoms with van der Waals surface area (Å²) in [6.07, 6.45) is -3.47. The summed E-state index contributed by atoms with van der Waals surface area (Å²) in [5, 5.41) is 0. The monoisotopic (exact) mass is 100 g/mol. The smallest absolute Gasteiger partial charge is 0.154 e. The maximum absolute atomic E-state index is 7.16. The maximum Gasteiger partial charge on any atom is 0.154 e. The lowest BCUT2D eigenvalue weighted by molar-refractivity contribution is -0.0877. The van der Waals surface area contributed by atoms with E-state index in [0.717, 1.165) is 0 Å². The first kappa shape index (κ1) is 0.644. The van der Waals surface area contributed by atoms with Crippen LogP contribution in [-0.2, 0) is 9.47 Å². The van der Waals surface area contributed by atoms with Gasteiger partial charge < -0.3 is 9.47 Å². The molecular weight excluding hydrogens is 80.0 g/mol. The maximum atomic E-state index is 7.16. The van der Waals surface area contributed by atoms with E-state index >= 15 is 0 Å². The van der Waals surface area contributed by atoms with Crippen molar-refractivity contribution in [3.05, 3.63) is 0 Å². The van der Waals surface area contributed by atoms with E-state index in [1.807, 2.05) is 0 Å². The molecular formula is C4H10O2. The zero-order valence-corrected chi connectivity index (χ0v) is 2.82. The van der Waals surface area contributed by atoms with Crippen molar-refractivity contribution in [1.82, 2.24) is 0 Å². The van der Waals surface area contributed by atoms with E-state index in [1.165, 1.54) is 0 Å². The molecule has 0 bridgehead atoms. The van der Waals surface area contributed by atoms with Crippen LogP contribution in [0.3, 0.4) is 0 Å². The average Bonchev–Trinajstić information content (AvgIpc) is 1.72. The molecule has 0 aromatic heterocycles. The third kappa shape index (κ3) is 2.18. The first-order valence-electron chi connectivity index (χ1n) is 6.07. The standard InChI is InChI=1S/C4H10O2/c1-4(5-2)6-3/h4H,1-3H3/i1D3,2D3,3D3,4D. The Morgan fingerprint density at radius 2 is 2.33 bits per heavy atom. The van der Waals surface area contributed by atoms with E-state index in [-0.39, 0.29) is 0 Å². The van der Waals surface area contributed by atoms with Gasteiger partial charge in [-0.3, -0.25) is 0 Å². The van der Waals surface area contributed by atoms with Crippen molar-refractivity contribution in [1.29, 1.82) is 0 Å². The lowest BCUT2D eigenvalue weighted by Gasteiger charge is -2.03. The molecule has 0 aliphatic carbocycles. The lowest BCUT2D eigenvalue weighted by Crippen LogP contribution is -2.05. The summed E-state index contributed by atoms with van der Waals surface area (Å²) >= 11 is 0. The fourth-order valence-electron chi connectivity index (χ4n) is 0.0208. The van der Waals surface area contributed by atoms with Crippen LogP contribution in [0.25, 0.3) is 0 Å². The molecule has 6 heavy (non-hydrogen) atoms. The molecule has 0 N–H and O–H groups in total. The van der Waals surface area contributed by atoms with Crippen molar-refractivity contribution in [3.8, 4) is 0 Å². The van der Waals surface area contributed by atoms with Gasteiger partial charge in [-0.15, -0.1) is 0 Å². The quantitative estimate of drug-likeness (QED) is 0.474. The number of ether oxygens (including phenoxy) is 2. The van der Waals surface area contributed by atoms with Crippen LogP contribution in [0.5, 0.6) is 0 Å². The molecule has 2 nitrogen and oxygen atoms in total. The molecule has 0 aliphatic heterocycles. The highest BCUT2D eigenvalue weighted by Gasteiger charge is 1.87. The molecule has 2 heteroatoms. The third-order valence-electron chi connectivity index (χ3n) is 0.185. The van der Waals surface area contributed by atoms with Crippen molar-refractivity contribution >= 4 is 0 Å². The molecule has 0 atom stereocenters. The van der Waals surface area contributed by atoms with Gasteiger partial charge in [0.15, 0.2) is 6.27 Å². The highest BCUT2D eigenvalue weighted by molar-refractivity contribution is 4.17. The third-order valence-corrected chi connectivity index (χ3v) is 0.185. The van der Waals surface area contributed by atoms with Crippen LogP contribution in [0.1, 0.15) is 20.6 Å². The Labute approximate surface area is 52.1 Å². The van der Waals surface area contributed by atoms with E-state index in [2.05, 4.69) is 9.47 Å². The zero-order valence-electron chi connectivity index (χ0n) is 12.8. The minimum absolute atomic E-state index is 3.26. The average molecular weight is 100 g/mol. The van der Waals surface area contributed by atoms with Crippen LogP contribution in [-0.4, -0.2) is 20.3 Å². The molecule has 0 rings (SSSR count). The normalized spacial score (nSPS) is 42.7. The second-order valence-electron chi connectivity index (χ2n) is 0.492. The molecule has 0 saturated carbocycles. The van der Waals surface area contributed by atoms with Crippen LogP contribution in [0.15, 0.2) is 0 Å². The van der Waals surface area contributed by atoms with E-state index in [9.17, 15) is 0 Å². The molecule has 38 valence electrons. The summed E-state index contributed by atoms with van der Waals surface area (Å²) in [6.45, 7) is -3.38. The summed E-state index contributed by atoms with van der Waals surface area (Å²) in [5.41, 5.74) is 0. The Kier molecular flexibility index (Phi) is 0.335. The fraction of sp³-hybridized carbons (Fsp3) is 1.00. The molecule has 0 heterocycles. The highest BCUT2D eigenvalue weighted by atomic mass is 16.7. The number of rotatable bonds is 2. The lowest BCUT2D eigenvalue weighted by atomic mass is 10.8. The van der Waals surface area contributed by atoms with Crippen LogP contribution in [0.2, 0.25) is 0 Å². The Morgan fingerprint density at radius 1 is 1.67 bits per heavy atom. The molecule has 0 aromatic carbocycles. The van der Waals surface area contributed by atoms with Gasteiger partial charge in [0.05, 0.1) is 9.60 Å². The first-order valence-corrected chi connectivity index (χ1v) is 1.07. The topological polar surface area (TPSA) is 18.5 Å². The molecule has 0 aromatic rings. The zero-order chi connectivity index (χ0) is 13.4. The Balaban J connectivity index is 5.07. The predicted molar refractivity (Wildman–Crippen MR) is 23.5 cm³/mol. The minimum atomic E-state index is -3.47. The summed E-state index contributed by atoms with van der Waals surface area (Å²) < 4.78 is 75.4. The summed E-state index contributed by atoms with van der Waals surface area (Å²) in [7, 11) is -6.53. The summed E-state index contributed by atoms with van der Waals surface area (Å²) in [5.74, 6) is 0. The number of hydrogen-bond acceptors (Lipinski definition) is 2. The Morgan fingerprint density at radius 3 is 2.67 bits per heavy atom. The van der Waals surface area contributed by atoms with Gasteiger partial charge in [0.2, 0.25) is 0 Å². The van der Waals surface area contributed by atoms with Crippen molar-refractivity contribution in [2.24, 2.45) is 0 Å². The Bertz CT molecular complexity index is 219. The van der Waals surface area contributed by atoms with Crippen LogP contribution in [0.4, 0.5) is 0 Å². The van der Waals surface area contributed by atoms with Gasteiger partial charge in [0.25, 0.3) is 0 Å². The van der Waals surface area contributed by atoms with Gasteiger partial charge in [-0.25, -0.2) is 0 Å². The van der Waals surface area contributed by atoms with Gasteiger partial charge in [0.1, 0.15) is 0 Å². The van der Waals surface area contributed by atoms with Crippen LogP contribution in [0, 0.1) is 0 Å². The molecule has 0 spiro atoms. The van der Waals surface area contributed by atoms with E-state index in [0.29, 0.717) is 0 Å². The second kappa shape index (κ2) is 3.12. The van der Waals surface area contributed by atoms with Gasteiger partial charge in [-0.05, 0) is 6.85 Å². The van der Waals surface area contributed by atoms with Crippen molar-refractivity contribution < 1.29 is 23.2 Å². The van der Waals surface area contributed by atoms with E-state index in [4.69, 9.17) is 13.7 Å². The fourth-order valence-corrected chi connectivity index (χ4v) is 0.0208. The van der Waals surface area contributed by atoms with Crippen LogP contribution < -0.4 is 0 Å². The molecule has 0 saturated heterocycles. The summed E-state index contributed by atoms with van der Waals surface area (Å²) in [6, 6.07) is 0. The van der Waals surface area contributed by atoms with Gasteiger partial charge in [-0.1, -0.05) is 0 Å². The number of methoxy groups -OCH3 is 2. The van der Waals surface area contributed by atoms with Gasteiger partial charge >= 0.3 is 0 Å². The first-order chi connectivity index (χ1) is 6.66. The summed E-state index contributed by atoms with van der Waals surface area (Å²) in [4.78, 5) is 0. The van der Waals surface area contributed by atoms with E-state index in [1.54, 1.807) is 0 Å². The Hall–Kier alpha value is -0.0800. The predicted octanol–water partition coefficient (Wildman–Crippen LogP) is 0.625. The minimum Gasteiger partial charge on any atom is -0.356 e. The SMILES string of the molecule is [2H]C([2H])([2H])OC([2H])(OC([2H])([2H])[2H])C([2H])([2H])[2H]. The van der Waals surface area contributed by atoms with E-state index < -0.39 is 27.2 Å². The number of hydrogen-bond donors (Lipinski definition) is 0. The van der Waals surface area contributed by atoms with Crippen molar-refractivity contribution in [2.75, 3.05) is 14.1 Å². The molecule has 0 radical (unpaired) electrons. The second-order valence-corrected chi connectivity index (χ2v) is 0.492. The molecule has 0 amide bonds. The van der Waals surface area contributed by atoms with Gasteiger partial charge in [0, 0.05) is 18.2 Å². The van der Waals surface area contributed by atoms with Crippen molar-refractivity contribution in [2.45, 2.75) is 13.1 Å². The van der Waals surface area contributed by atoms with Gasteiger partial charge in [-0.2, -0.15) is 0 Å². The molecule has 0 fully saturated rings. The molecule has 0 unspecified atom stereocenters. The van der Waals surface area contributed by atoms with Crippen LogP contribution >= 0.6 is 0 Å².